The maximum absolute atomic E-state index is 5.21. The van der Waals surface area contributed by atoms with Crippen molar-refractivity contribution in [3.05, 3.63) is 18.7 Å². The van der Waals surface area contributed by atoms with Gasteiger partial charge < -0.3 is 50.4 Å². The molecule has 0 saturated carbocycles. The fourth-order valence-electron chi connectivity index (χ4n) is 0.689. The summed E-state index contributed by atoms with van der Waals surface area (Å²) in [7, 11) is 30.0. The van der Waals surface area contributed by atoms with Crippen molar-refractivity contribution in [3.8, 4) is 0 Å². The Kier molecular flexibility index (Phi) is 16.2. The van der Waals surface area contributed by atoms with Gasteiger partial charge in [-0.3, -0.25) is 0 Å². The molecule has 1 aromatic heterocycles. The summed E-state index contributed by atoms with van der Waals surface area (Å²) in [6.45, 7) is 3.18. The molecule has 0 aliphatic carbocycles. The summed E-state index contributed by atoms with van der Waals surface area (Å²) < 4.78 is 4.16. The van der Waals surface area contributed by atoms with Gasteiger partial charge >= 0.3 is 18.4 Å². The normalized spacial score (nSPS) is 9.71. The summed E-state index contributed by atoms with van der Waals surface area (Å²) in [5.41, 5.74) is 0. The van der Waals surface area contributed by atoms with Crippen LogP contribution in [0.1, 0.15) is 6.92 Å². The number of halogens is 7. The molecule has 1 heterocycles. The maximum atomic E-state index is 5.21. The fraction of sp³-hybridized carbons (Fsp3) is 0.500. The van der Waals surface area contributed by atoms with E-state index in [1.165, 1.54) is 0 Å². The first kappa shape index (κ1) is 22.0. The molecule has 0 aliphatic heterocycles. The predicted octanol–water partition coefficient (Wildman–Crippen LogP) is 4.59. The Bertz CT molecular complexity index is 284. The van der Waals surface area contributed by atoms with Gasteiger partial charge in [-0.1, -0.05) is 0 Å². The summed E-state index contributed by atoms with van der Waals surface area (Å²) in [5, 5.41) is 0. The first-order valence-electron chi connectivity index (χ1n) is 4.36. The van der Waals surface area contributed by atoms with E-state index in [-0.39, 0.29) is 0 Å². The van der Waals surface area contributed by atoms with Crippen molar-refractivity contribution in [2.24, 2.45) is 7.05 Å². The molecule has 0 aliphatic rings. The van der Waals surface area contributed by atoms with Crippen molar-refractivity contribution in [2.75, 3.05) is 0 Å². The van der Waals surface area contributed by atoms with E-state index in [9.17, 15) is 0 Å². The van der Waals surface area contributed by atoms with E-state index in [0.717, 1.165) is 6.54 Å². The van der Waals surface area contributed by atoms with Crippen LogP contribution in [0.2, 0.25) is 0 Å². The van der Waals surface area contributed by atoms with Crippen molar-refractivity contribution in [1.29, 1.82) is 0 Å². The van der Waals surface area contributed by atoms with Crippen molar-refractivity contribution in [2.45, 2.75) is 13.5 Å². The van der Waals surface area contributed by atoms with Gasteiger partial charge in [0.25, 0.3) is 0 Å². The molecule has 0 atom stereocenters. The van der Waals surface area contributed by atoms with Gasteiger partial charge in [-0.05, 0) is 6.92 Å². The highest BCUT2D eigenvalue weighted by Gasteiger charge is 2.13. The molecule has 0 radical (unpaired) electrons. The van der Waals surface area contributed by atoms with Crippen LogP contribution >= 0.6 is 80.6 Å². The standard InChI is InChI=1S/C6H11N2.2Al.6ClH.HI/c1-3-8-5-4-7(2)6-8;;;;;;;;;/h4-6H,3H2,1-2H3;;;7*1H/q+1;2*+3;;;;;;;/p-7. The van der Waals surface area contributed by atoms with Gasteiger partial charge in [0.2, 0.25) is 6.33 Å². The Morgan fingerprint density at radius 1 is 1.29 bits per heavy atom. The average molecular weight is 505 g/mol. The first-order valence-corrected chi connectivity index (χ1v) is 19.0. The van der Waals surface area contributed by atoms with Crippen LogP contribution in [0.4, 0.5) is 0 Å². The lowest BCUT2D eigenvalue weighted by Crippen LogP contribution is -2.23. The molecule has 0 amide bonds. The third-order valence-electron chi connectivity index (χ3n) is 1.19. The molecule has 0 saturated heterocycles. The highest BCUT2D eigenvalue weighted by Crippen LogP contribution is 2.26. The molecule has 17 heavy (non-hydrogen) atoms. The summed E-state index contributed by atoms with van der Waals surface area (Å²) in [4.78, 5) is 0. The Morgan fingerprint density at radius 3 is 1.76 bits per heavy atom. The van der Waals surface area contributed by atoms with Crippen LogP contribution in [0, 0.1) is 0 Å². The molecule has 0 fully saturated rings. The predicted molar refractivity (Wildman–Crippen MR) is 91.9 cm³/mol. The maximum Gasteiger partial charge on any atom is 0.643 e. The van der Waals surface area contributed by atoms with E-state index < -0.39 is 18.4 Å². The van der Waals surface area contributed by atoms with E-state index in [4.69, 9.17) is 60.3 Å². The van der Waals surface area contributed by atoms with Crippen LogP contribution in [-0.2, 0) is 13.6 Å². The lowest BCUT2D eigenvalue weighted by Gasteiger charge is -1.98. The van der Waals surface area contributed by atoms with Crippen LogP contribution in [0.15, 0.2) is 18.7 Å². The van der Waals surface area contributed by atoms with Crippen molar-refractivity contribution >= 4 is 99.0 Å². The van der Waals surface area contributed by atoms with Crippen molar-refractivity contribution in [3.63, 3.8) is 0 Å². The number of aromatic nitrogens is 2. The molecule has 11 heteroatoms. The highest BCUT2D eigenvalue weighted by molar-refractivity contribution is 14.1. The number of rotatable bonds is 1. The second-order valence-electron chi connectivity index (χ2n) is 2.65. The van der Waals surface area contributed by atoms with Gasteiger partial charge in [0, 0.05) is 0 Å². The topological polar surface area (TPSA) is 8.81 Å². The minimum Gasteiger partial charge on any atom is -0.397 e. The SMILES string of the molecule is CCn1cc[n+](C)c1.[Cl][Al-]([Cl])([Cl])[I].[Cl][Al]([Cl])[Cl]. The van der Waals surface area contributed by atoms with Crippen LogP contribution < -0.4 is 4.57 Å². The Morgan fingerprint density at radius 2 is 1.65 bits per heavy atom. The Hall–Kier alpha value is 2.74. The zero-order valence-corrected chi connectivity index (χ0v) is 18.1. The lowest BCUT2D eigenvalue weighted by molar-refractivity contribution is -0.671. The van der Waals surface area contributed by atoms with E-state index in [2.05, 4.69) is 24.0 Å². The minimum absolute atomic E-state index is 1.06. The van der Waals surface area contributed by atoms with Crippen LogP contribution in [0.3, 0.4) is 0 Å². The quantitative estimate of drug-likeness (QED) is 0.300. The Labute approximate surface area is 145 Å². The van der Waals surface area contributed by atoms with E-state index in [0.29, 0.717) is 0 Å². The van der Waals surface area contributed by atoms with E-state index >= 15 is 0 Å². The van der Waals surface area contributed by atoms with Crippen molar-refractivity contribution in [1.82, 2.24) is 4.57 Å². The average Bonchev–Trinajstić information content (AvgIpc) is 2.47. The largest absolute Gasteiger partial charge is 0.643 e. The zero-order chi connectivity index (χ0) is 14.1. The molecule has 0 N–H and O–H groups in total. The third kappa shape index (κ3) is 27.8. The summed E-state index contributed by atoms with van der Waals surface area (Å²) in [6.07, 6.45) is 6.14. The van der Waals surface area contributed by atoms with E-state index in [1.54, 1.807) is 0 Å². The Balaban J connectivity index is 0. The van der Waals surface area contributed by atoms with Crippen LogP contribution in [0.25, 0.3) is 0 Å². The molecular weight excluding hydrogens is 494 g/mol. The first-order chi connectivity index (χ1) is 7.56. The second kappa shape index (κ2) is 12.5. The number of hydrogen-bond acceptors (Lipinski definition) is 0. The summed E-state index contributed by atoms with van der Waals surface area (Å²) in [5.74, 6) is 0. The van der Waals surface area contributed by atoms with Gasteiger partial charge in [-0.15, -0.1) is 0 Å². The van der Waals surface area contributed by atoms with Gasteiger partial charge in [-0.2, -0.15) is 0 Å². The van der Waals surface area contributed by atoms with Crippen LogP contribution in [0.5, 0.6) is 0 Å². The molecule has 2 nitrogen and oxygen atoms in total. The zero-order valence-electron chi connectivity index (χ0n) is 9.13. The molecule has 0 spiro atoms. The lowest BCUT2D eigenvalue weighted by atomic mass is 10.7. The van der Waals surface area contributed by atoms with E-state index in [1.807, 2.05) is 38.1 Å². The number of hydrogen-bond donors (Lipinski definition) is 0. The molecule has 0 aromatic carbocycles. The molecule has 1 rings (SSSR count). The summed E-state index contributed by atoms with van der Waals surface area (Å²) >= 11 is 0.118. The van der Waals surface area contributed by atoms with Gasteiger partial charge in [0.1, 0.15) is 12.4 Å². The third-order valence-corrected chi connectivity index (χ3v) is 1.19. The monoisotopic (exact) mass is 502 g/mol. The van der Waals surface area contributed by atoms with Crippen LogP contribution in [-0.4, -0.2) is 23.0 Å². The molecule has 1 aromatic rings. The smallest absolute Gasteiger partial charge is 0.397 e. The van der Waals surface area contributed by atoms with Gasteiger partial charge in [0.15, 0.2) is 0 Å². The second-order valence-corrected chi connectivity index (χ2v) is 30.2. The molecule has 0 bridgehead atoms. The van der Waals surface area contributed by atoms with Crippen molar-refractivity contribution < 1.29 is 4.57 Å². The minimum atomic E-state index is -2.45. The number of nitrogens with zero attached hydrogens (tertiary/aromatic N) is 2. The fourth-order valence-corrected chi connectivity index (χ4v) is 0.689. The number of imidazole rings is 1. The highest BCUT2D eigenvalue weighted by atomic mass is 127. The molecule has 0 unspecified atom stereocenters. The van der Waals surface area contributed by atoms with Gasteiger partial charge in [0.05, 0.1) is 13.6 Å². The molecular formula is C6H11Al2Cl6IN2. The molecule has 100 valence electrons. The summed E-state index contributed by atoms with van der Waals surface area (Å²) in [6, 6.07) is 0. The number of aryl methyl sites for hydroxylation is 2. The van der Waals surface area contributed by atoms with Gasteiger partial charge in [-0.25, -0.2) is 39.3 Å².